The number of nitrogens with zero attached hydrogens (tertiary/aromatic N) is 1. The van der Waals surface area contributed by atoms with Crippen LogP contribution in [-0.2, 0) is 4.79 Å². The van der Waals surface area contributed by atoms with Gasteiger partial charge in [-0.2, -0.15) is 0 Å². The van der Waals surface area contributed by atoms with Crippen molar-refractivity contribution < 1.29 is 9.59 Å². The number of amides is 1. The second kappa shape index (κ2) is 7.26. The van der Waals surface area contributed by atoms with E-state index in [-0.39, 0.29) is 17.7 Å². The molecule has 0 aliphatic heterocycles. The molecule has 1 atom stereocenters. The Hall–Kier alpha value is -1.39. The molecule has 1 aromatic carbocycles. The molecule has 104 valence electrons. The van der Waals surface area contributed by atoms with E-state index in [0.29, 0.717) is 23.6 Å². The van der Waals surface area contributed by atoms with Crippen molar-refractivity contribution in [3.8, 4) is 0 Å². The van der Waals surface area contributed by atoms with Crippen LogP contribution in [0.3, 0.4) is 0 Å². The summed E-state index contributed by atoms with van der Waals surface area (Å²) in [6, 6.07) is 6.56. The number of nitrogens with one attached hydrogen (secondary N) is 1. The Kier molecular flexibility index (Phi) is 5.99. The van der Waals surface area contributed by atoms with Crippen molar-refractivity contribution in [3.63, 3.8) is 0 Å². The van der Waals surface area contributed by atoms with E-state index in [2.05, 4.69) is 5.32 Å². The number of likely N-dealkylation sites (N-methyl/N-ethyl adjacent to an activating group) is 1. The van der Waals surface area contributed by atoms with Gasteiger partial charge in [-0.05, 0) is 38.2 Å². The van der Waals surface area contributed by atoms with Gasteiger partial charge in [0.05, 0.1) is 6.04 Å². The number of halogens is 1. The second-order valence-corrected chi connectivity index (χ2v) is 4.89. The fourth-order valence-electron chi connectivity index (χ4n) is 1.65. The quantitative estimate of drug-likeness (QED) is 0.812. The van der Waals surface area contributed by atoms with E-state index in [1.807, 2.05) is 18.9 Å². The lowest BCUT2D eigenvalue weighted by atomic mass is 10.0. The fraction of sp³-hybridized carbons (Fsp3) is 0.429. The number of benzene rings is 1. The summed E-state index contributed by atoms with van der Waals surface area (Å²) in [5.74, 6) is -0.00550. The topological polar surface area (TPSA) is 49.4 Å². The third-order valence-electron chi connectivity index (χ3n) is 3.14. The summed E-state index contributed by atoms with van der Waals surface area (Å²) in [5.41, 5.74) is 0.628. The Morgan fingerprint density at radius 3 is 2.42 bits per heavy atom. The molecule has 0 aromatic heterocycles. The van der Waals surface area contributed by atoms with Crippen LogP contribution in [0, 0.1) is 0 Å². The average Bonchev–Trinajstić information content (AvgIpc) is 2.43. The van der Waals surface area contributed by atoms with Crippen molar-refractivity contribution in [3.05, 3.63) is 34.9 Å². The Labute approximate surface area is 118 Å². The van der Waals surface area contributed by atoms with Crippen molar-refractivity contribution in [1.82, 2.24) is 10.2 Å². The molecule has 1 unspecified atom stereocenters. The summed E-state index contributed by atoms with van der Waals surface area (Å²) in [6.07, 6.45) is 0.380. The molecular formula is C14H19ClN2O2. The molecule has 4 nitrogen and oxygen atoms in total. The summed E-state index contributed by atoms with van der Waals surface area (Å²) in [4.78, 5) is 25.3. The van der Waals surface area contributed by atoms with Crippen molar-refractivity contribution in [2.24, 2.45) is 0 Å². The number of hydrogen-bond acceptors (Lipinski definition) is 3. The third kappa shape index (κ3) is 4.65. The number of rotatable bonds is 6. The minimum Gasteiger partial charge on any atom is -0.359 e. The lowest BCUT2D eigenvalue weighted by Gasteiger charge is -2.23. The molecule has 0 fully saturated rings. The number of carbonyl (C=O) groups is 2. The summed E-state index contributed by atoms with van der Waals surface area (Å²) in [5, 5.41) is 3.17. The Bertz CT molecular complexity index is 445. The van der Waals surface area contributed by atoms with Crippen LogP contribution < -0.4 is 5.32 Å². The molecular weight excluding hydrogens is 264 g/mol. The van der Waals surface area contributed by atoms with Crippen LogP contribution in [-0.4, -0.2) is 43.3 Å². The molecule has 5 heteroatoms. The molecule has 1 N–H and O–H groups in total. The van der Waals surface area contributed by atoms with Crippen LogP contribution in [0.25, 0.3) is 0 Å². The fourth-order valence-corrected chi connectivity index (χ4v) is 1.78. The maximum Gasteiger partial charge on any atom is 0.221 e. The minimum atomic E-state index is -0.272. The maximum atomic E-state index is 12.2. The summed E-state index contributed by atoms with van der Waals surface area (Å²) in [7, 11) is 3.44. The van der Waals surface area contributed by atoms with E-state index in [4.69, 9.17) is 11.6 Å². The zero-order valence-electron chi connectivity index (χ0n) is 11.4. The van der Waals surface area contributed by atoms with Gasteiger partial charge in [0.15, 0.2) is 5.78 Å². The van der Waals surface area contributed by atoms with Crippen LogP contribution in [0.2, 0.25) is 5.02 Å². The van der Waals surface area contributed by atoms with Crippen LogP contribution in [0.4, 0.5) is 0 Å². The number of hydrogen-bond donors (Lipinski definition) is 1. The van der Waals surface area contributed by atoms with Gasteiger partial charge in [-0.15, -0.1) is 0 Å². The van der Waals surface area contributed by atoms with Gasteiger partial charge in [0, 0.05) is 30.6 Å². The molecule has 0 saturated heterocycles. The Balaban J connectivity index is 2.60. The maximum absolute atomic E-state index is 12.2. The van der Waals surface area contributed by atoms with E-state index in [1.54, 1.807) is 31.3 Å². The molecule has 0 spiro atoms. The molecule has 0 aliphatic carbocycles. The number of ketones is 1. The van der Waals surface area contributed by atoms with Gasteiger partial charge in [0.25, 0.3) is 0 Å². The highest BCUT2D eigenvalue weighted by atomic mass is 35.5. The molecule has 0 saturated carbocycles. The molecule has 19 heavy (non-hydrogen) atoms. The first-order chi connectivity index (χ1) is 8.95. The summed E-state index contributed by atoms with van der Waals surface area (Å²) < 4.78 is 0. The SMILES string of the molecule is CNC(=O)CCN(C)C(C)C(=O)c1ccc(Cl)cc1. The Morgan fingerprint density at radius 1 is 1.32 bits per heavy atom. The van der Waals surface area contributed by atoms with Crippen LogP contribution in [0.1, 0.15) is 23.7 Å². The Morgan fingerprint density at radius 2 is 1.89 bits per heavy atom. The highest BCUT2D eigenvalue weighted by molar-refractivity contribution is 6.30. The van der Waals surface area contributed by atoms with Crippen molar-refractivity contribution >= 4 is 23.3 Å². The van der Waals surface area contributed by atoms with Crippen molar-refractivity contribution in [2.75, 3.05) is 20.6 Å². The van der Waals surface area contributed by atoms with E-state index in [0.717, 1.165) is 0 Å². The van der Waals surface area contributed by atoms with E-state index >= 15 is 0 Å². The van der Waals surface area contributed by atoms with Gasteiger partial charge in [0.2, 0.25) is 5.91 Å². The predicted molar refractivity (Wildman–Crippen MR) is 76.6 cm³/mol. The standard InChI is InChI=1S/C14H19ClN2O2/c1-10(17(3)9-8-13(18)16-2)14(19)11-4-6-12(15)7-5-11/h4-7,10H,8-9H2,1-3H3,(H,16,18). The van der Waals surface area contributed by atoms with E-state index in [1.165, 1.54) is 0 Å². The molecule has 0 heterocycles. The van der Waals surface area contributed by atoms with Gasteiger partial charge in [-0.3, -0.25) is 14.5 Å². The first-order valence-electron chi connectivity index (χ1n) is 6.16. The lowest BCUT2D eigenvalue weighted by molar-refractivity contribution is -0.120. The number of Topliss-reactive ketones (excluding diaryl/α,β-unsaturated/α-hetero) is 1. The molecule has 0 bridgehead atoms. The van der Waals surface area contributed by atoms with Crippen molar-refractivity contribution in [1.29, 1.82) is 0 Å². The van der Waals surface area contributed by atoms with Gasteiger partial charge >= 0.3 is 0 Å². The number of carbonyl (C=O) groups excluding carboxylic acids is 2. The molecule has 1 aromatic rings. The highest BCUT2D eigenvalue weighted by Crippen LogP contribution is 2.13. The van der Waals surface area contributed by atoms with Gasteiger partial charge < -0.3 is 5.32 Å². The zero-order valence-corrected chi connectivity index (χ0v) is 12.2. The molecule has 1 amide bonds. The normalized spacial score (nSPS) is 12.3. The van der Waals surface area contributed by atoms with Crippen molar-refractivity contribution in [2.45, 2.75) is 19.4 Å². The second-order valence-electron chi connectivity index (χ2n) is 4.45. The first kappa shape index (κ1) is 15.7. The van der Waals surface area contributed by atoms with Crippen LogP contribution >= 0.6 is 11.6 Å². The smallest absolute Gasteiger partial charge is 0.221 e. The summed E-state index contributed by atoms with van der Waals surface area (Å²) >= 11 is 5.79. The van der Waals surface area contributed by atoms with E-state index in [9.17, 15) is 9.59 Å². The van der Waals surface area contributed by atoms with Gasteiger partial charge in [-0.25, -0.2) is 0 Å². The largest absolute Gasteiger partial charge is 0.359 e. The van der Waals surface area contributed by atoms with Crippen LogP contribution in [0.15, 0.2) is 24.3 Å². The minimum absolute atomic E-state index is 0.0241. The molecule has 1 rings (SSSR count). The monoisotopic (exact) mass is 282 g/mol. The average molecular weight is 283 g/mol. The first-order valence-corrected chi connectivity index (χ1v) is 6.54. The highest BCUT2D eigenvalue weighted by Gasteiger charge is 2.19. The zero-order chi connectivity index (χ0) is 14.4. The van der Waals surface area contributed by atoms with Gasteiger partial charge in [0.1, 0.15) is 0 Å². The third-order valence-corrected chi connectivity index (χ3v) is 3.39. The van der Waals surface area contributed by atoms with Crippen LogP contribution in [0.5, 0.6) is 0 Å². The lowest BCUT2D eigenvalue weighted by Crippen LogP contribution is -2.38. The molecule has 0 aliphatic rings. The molecule has 0 radical (unpaired) electrons. The predicted octanol–water partition coefficient (Wildman–Crippen LogP) is 1.98. The van der Waals surface area contributed by atoms with E-state index < -0.39 is 0 Å². The van der Waals surface area contributed by atoms with Gasteiger partial charge in [-0.1, -0.05) is 11.6 Å². The summed E-state index contributed by atoms with van der Waals surface area (Å²) in [6.45, 7) is 2.38.